The van der Waals surface area contributed by atoms with Gasteiger partial charge in [0, 0.05) is 12.6 Å². The minimum Gasteiger partial charge on any atom is -0.497 e. The quantitative estimate of drug-likeness (QED) is 0.793. The van der Waals surface area contributed by atoms with Crippen molar-refractivity contribution in [2.24, 2.45) is 0 Å². The molecule has 0 atom stereocenters. The smallest absolute Gasteiger partial charge is 0.273 e. The lowest BCUT2D eigenvalue weighted by Gasteiger charge is -2.03. The van der Waals surface area contributed by atoms with Crippen molar-refractivity contribution in [2.45, 2.75) is 26.2 Å². The summed E-state index contributed by atoms with van der Waals surface area (Å²) in [5.41, 5.74) is 1.11. The van der Waals surface area contributed by atoms with Crippen molar-refractivity contribution in [3.63, 3.8) is 0 Å². The van der Waals surface area contributed by atoms with E-state index in [9.17, 15) is 4.79 Å². The van der Waals surface area contributed by atoms with Gasteiger partial charge in [0.2, 0.25) is 0 Å². The molecule has 6 nitrogen and oxygen atoms in total. The third kappa shape index (κ3) is 4.05. The molecule has 1 aromatic carbocycles. The molecule has 0 saturated heterocycles. The van der Waals surface area contributed by atoms with Crippen LogP contribution in [-0.4, -0.2) is 34.6 Å². The second kappa shape index (κ2) is 7.42. The zero-order valence-electron chi connectivity index (χ0n) is 12.4. The lowest BCUT2D eigenvalue weighted by molar-refractivity contribution is 0.0948. The van der Waals surface area contributed by atoms with Gasteiger partial charge in [-0.3, -0.25) is 4.79 Å². The number of hydrogen-bond donors (Lipinski definition) is 1. The highest BCUT2D eigenvalue weighted by atomic mass is 16.5. The molecule has 0 unspecified atom stereocenters. The first-order valence-electron chi connectivity index (χ1n) is 7.09. The Balaban J connectivity index is 2.01. The molecule has 2 aromatic rings. The fraction of sp³-hybridized carbons (Fsp3) is 0.400. The van der Waals surface area contributed by atoms with Gasteiger partial charge in [-0.1, -0.05) is 31.0 Å². The van der Waals surface area contributed by atoms with Crippen LogP contribution in [0.5, 0.6) is 5.75 Å². The highest BCUT2D eigenvalue weighted by Crippen LogP contribution is 2.15. The number of rotatable bonds is 7. The van der Waals surface area contributed by atoms with Crippen molar-refractivity contribution in [1.82, 2.24) is 20.3 Å². The summed E-state index contributed by atoms with van der Waals surface area (Å²) in [7, 11) is 1.61. The van der Waals surface area contributed by atoms with E-state index in [1.807, 2.05) is 24.3 Å². The molecule has 0 fully saturated rings. The summed E-state index contributed by atoms with van der Waals surface area (Å²) >= 11 is 0. The monoisotopic (exact) mass is 288 g/mol. The van der Waals surface area contributed by atoms with Gasteiger partial charge >= 0.3 is 0 Å². The Kier molecular flexibility index (Phi) is 5.31. The van der Waals surface area contributed by atoms with Gasteiger partial charge < -0.3 is 10.1 Å². The Labute approximate surface area is 124 Å². The van der Waals surface area contributed by atoms with Gasteiger partial charge in [0.05, 0.1) is 19.0 Å². The maximum Gasteiger partial charge on any atom is 0.273 e. The number of nitrogens with one attached hydrogen (secondary N) is 1. The molecule has 0 spiro atoms. The highest BCUT2D eigenvalue weighted by molar-refractivity contribution is 5.91. The van der Waals surface area contributed by atoms with E-state index in [0.29, 0.717) is 12.2 Å². The van der Waals surface area contributed by atoms with E-state index < -0.39 is 0 Å². The maximum absolute atomic E-state index is 11.9. The fourth-order valence-electron chi connectivity index (χ4n) is 1.91. The van der Waals surface area contributed by atoms with Crippen molar-refractivity contribution < 1.29 is 9.53 Å². The molecule has 112 valence electrons. The number of aromatic nitrogens is 3. The van der Waals surface area contributed by atoms with Crippen LogP contribution in [0.15, 0.2) is 30.5 Å². The summed E-state index contributed by atoms with van der Waals surface area (Å²) in [4.78, 5) is 11.9. The van der Waals surface area contributed by atoms with Crippen molar-refractivity contribution in [3.05, 3.63) is 36.2 Å². The van der Waals surface area contributed by atoms with Crippen LogP contribution >= 0.6 is 0 Å². The van der Waals surface area contributed by atoms with E-state index in [-0.39, 0.29) is 5.91 Å². The first-order chi connectivity index (χ1) is 10.2. The number of carbonyl (C=O) groups excluding carboxylic acids is 1. The zero-order chi connectivity index (χ0) is 15.1. The number of hydrogen-bond acceptors (Lipinski definition) is 4. The van der Waals surface area contributed by atoms with Crippen molar-refractivity contribution >= 4 is 5.91 Å². The van der Waals surface area contributed by atoms with E-state index in [2.05, 4.69) is 22.6 Å². The maximum atomic E-state index is 11.9. The molecule has 0 aliphatic heterocycles. The minimum absolute atomic E-state index is 0.194. The summed E-state index contributed by atoms with van der Waals surface area (Å²) < 4.78 is 6.72. The van der Waals surface area contributed by atoms with Crippen LogP contribution in [0.1, 0.15) is 36.7 Å². The Hall–Kier alpha value is -2.37. The Bertz CT molecular complexity index is 595. The Morgan fingerprint density at radius 2 is 2.24 bits per heavy atom. The molecule has 0 saturated carbocycles. The molecule has 2 rings (SSSR count). The van der Waals surface area contributed by atoms with Crippen LogP contribution in [0.25, 0.3) is 5.69 Å². The Morgan fingerprint density at radius 1 is 1.38 bits per heavy atom. The molecular formula is C15H20N4O2. The van der Waals surface area contributed by atoms with Crippen molar-refractivity contribution in [1.29, 1.82) is 0 Å². The topological polar surface area (TPSA) is 69.0 Å². The second-order valence-electron chi connectivity index (χ2n) is 4.71. The lowest BCUT2D eigenvalue weighted by Crippen LogP contribution is -2.24. The normalized spacial score (nSPS) is 10.4. The summed E-state index contributed by atoms with van der Waals surface area (Å²) in [5, 5.41) is 10.7. The van der Waals surface area contributed by atoms with Crippen molar-refractivity contribution in [3.8, 4) is 11.4 Å². The van der Waals surface area contributed by atoms with Gasteiger partial charge in [-0.25, -0.2) is 4.68 Å². The standard InChI is InChI=1S/C15H20N4O2/c1-3-4-5-9-16-15(20)14-11-19(18-17-14)12-7-6-8-13(10-12)21-2/h6-8,10-11H,3-5,9H2,1-2H3,(H,16,20). The molecule has 6 heteroatoms. The molecule has 1 aromatic heterocycles. The molecular weight excluding hydrogens is 268 g/mol. The average Bonchev–Trinajstić information content (AvgIpc) is 3.01. The van der Waals surface area contributed by atoms with Gasteiger partial charge in [-0.2, -0.15) is 0 Å². The molecule has 1 amide bonds. The molecule has 0 aliphatic carbocycles. The van der Waals surface area contributed by atoms with Gasteiger partial charge in [0.25, 0.3) is 5.91 Å². The van der Waals surface area contributed by atoms with Crippen molar-refractivity contribution in [2.75, 3.05) is 13.7 Å². The van der Waals surface area contributed by atoms with Crippen LogP contribution in [0, 0.1) is 0 Å². The number of amides is 1. The van der Waals surface area contributed by atoms with E-state index in [1.54, 1.807) is 18.0 Å². The summed E-state index contributed by atoms with van der Waals surface area (Å²) in [5.74, 6) is 0.536. The number of benzene rings is 1. The SMILES string of the molecule is CCCCCNC(=O)c1cn(-c2cccc(OC)c2)nn1. The van der Waals surface area contributed by atoms with Gasteiger partial charge in [-0.15, -0.1) is 5.10 Å². The number of unbranched alkanes of at least 4 members (excludes halogenated alkanes) is 2. The van der Waals surface area contributed by atoms with Crippen LogP contribution in [0.2, 0.25) is 0 Å². The number of ether oxygens (including phenoxy) is 1. The predicted octanol–water partition coefficient (Wildman–Crippen LogP) is 2.20. The molecule has 0 bridgehead atoms. The summed E-state index contributed by atoms with van der Waals surface area (Å²) in [6, 6.07) is 7.42. The number of methoxy groups -OCH3 is 1. The van der Waals surface area contributed by atoms with Crippen LogP contribution in [-0.2, 0) is 0 Å². The second-order valence-corrected chi connectivity index (χ2v) is 4.71. The number of nitrogens with zero attached hydrogens (tertiary/aromatic N) is 3. The fourth-order valence-corrected chi connectivity index (χ4v) is 1.91. The highest BCUT2D eigenvalue weighted by Gasteiger charge is 2.11. The first kappa shape index (κ1) is 15.0. The van der Waals surface area contributed by atoms with E-state index in [1.165, 1.54) is 0 Å². The lowest BCUT2D eigenvalue weighted by atomic mass is 10.2. The van der Waals surface area contributed by atoms with Crippen LogP contribution in [0.4, 0.5) is 0 Å². The predicted molar refractivity (Wildman–Crippen MR) is 79.8 cm³/mol. The van der Waals surface area contributed by atoms with Crippen LogP contribution in [0.3, 0.4) is 0 Å². The minimum atomic E-state index is -0.194. The van der Waals surface area contributed by atoms with Gasteiger partial charge in [-0.05, 0) is 18.6 Å². The van der Waals surface area contributed by atoms with Gasteiger partial charge in [0.1, 0.15) is 5.75 Å². The molecule has 0 aliphatic rings. The van der Waals surface area contributed by atoms with E-state index in [0.717, 1.165) is 30.7 Å². The van der Waals surface area contributed by atoms with Gasteiger partial charge in [0.15, 0.2) is 5.69 Å². The third-order valence-electron chi connectivity index (χ3n) is 3.11. The molecule has 1 heterocycles. The van der Waals surface area contributed by atoms with Crippen LogP contribution < -0.4 is 10.1 Å². The summed E-state index contributed by atoms with van der Waals surface area (Å²) in [6.07, 6.45) is 4.83. The first-order valence-corrected chi connectivity index (χ1v) is 7.09. The molecule has 21 heavy (non-hydrogen) atoms. The molecule has 1 N–H and O–H groups in total. The zero-order valence-corrected chi connectivity index (χ0v) is 12.4. The average molecular weight is 288 g/mol. The molecule has 0 radical (unpaired) electrons. The third-order valence-corrected chi connectivity index (χ3v) is 3.11. The van der Waals surface area contributed by atoms with E-state index >= 15 is 0 Å². The largest absolute Gasteiger partial charge is 0.497 e. The number of carbonyl (C=O) groups is 1. The Morgan fingerprint density at radius 3 is 3.00 bits per heavy atom. The summed E-state index contributed by atoms with van der Waals surface area (Å²) in [6.45, 7) is 2.79. The van der Waals surface area contributed by atoms with E-state index in [4.69, 9.17) is 4.74 Å².